The van der Waals surface area contributed by atoms with Crippen molar-refractivity contribution in [2.45, 2.75) is 26.8 Å². The molecule has 2 aromatic heterocycles. The Hall–Kier alpha value is -3.37. The predicted molar refractivity (Wildman–Crippen MR) is 115 cm³/mol. The van der Waals surface area contributed by atoms with E-state index in [1.165, 1.54) is 18.3 Å². The average Bonchev–Trinajstić information content (AvgIpc) is 3.33. The molecule has 0 saturated carbocycles. The number of amides is 2. The van der Waals surface area contributed by atoms with Gasteiger partial charge in [0.15, 0.2) is 16.6 Å². The summed E-state index contributed by atoms with van der Waals surface area (Å²) in [5.41, 5.74) is 2.40. The number of carbonyl (C=O) groups is 3. The second-order valence-electron chi connectivity index (χ2n) is 7.31. The number of fused-ring (bicyclic) bond motifs is 1. The van der Waals surface area contributed by atoms with Crippen molar-refractivity contribution in [2.75, 3.05) is 23.7 Å². The number of nitrogens with zero attached hydrogens (tertiary/aromatic N) is 3. The van der Waals surface area contributed by atoms with Crippen LogP contribution in [0.1, 0.15) is 44.1 Å². The highest BCUT2D eigenvalue weighted by molar-refractivity contribution is 7.15. The van der Waals surface area contributed by atoms with Gasteiger partial charge in [0.1, 0.15) is 5.76 Å². The van der Waals surface area contributed by atoms with Crippen LogP contribution in [0.15, 0.2) is 34.9 Å². The van der Waals surface area contributed by atoms with E-state index in [-0.39, 0.29) is 29.8 Å². The van der Waals surface area contributed by atoms with Gasteiger partial charge in [0.2, 0.25) is 5.91 Å². The van der Waals surface area contributed by atoms with Crippen LogP contribution in [0.2, 0.25) is 0 Å². The summed E-state index contributed by atoms with van der Waals surface area (Å²) >= 11 is 1.40. The minimum atomic E-state index is -0.366. The van der Waals surface area contributed by atoms with E-state index in [4.69, 9.17) is 4.52 Å². The molecular formula is C21H21N5O4S. The molecule has 2 N–H and O–H groups in total. The molecule has 0 unspecified atom stereocenters. The molecule has 0 atom stereocenters. The van der Waals surface area contributed by atoms with Crippen LogP contribution >= 0.6 is 11.3 Å². The Morgan fingerprint density at radius 2 is 1.97 bits per heavy atom. The van der Waals surface area contributed by atoms with E-state index in [9.17, 15) is 14.4 Å². The van der Waals surface area contributed by atoms with E-state index >= 15 is 0 Å². The minimum absolute atomic E-state index is 0.0155. The zero-order valence-electron chi connectivity index (χ0n) is 17.1. The fourth-order valence-corrected chi connectivity index (χ4v) is 4.31. The van der Waals surface area contributed by atoms with Crippen molar-refractivity contribution in [3.8, 4) is 0 Å². The first-order valence-electron chi connectivity index (χ1n) is 9.74. The molecule has 0 aliphatic carbocycles. The molecule has 3 heterocycles. The largest absolute Gasteiger partial charge is 0.361 e. The molecule has 10 heteroatoms. The lowest BCUT2D eigenvalue weighted by molar-refractivity contribution is -0.117. The quantitative estimate of drug-likeness (QED) is 0.567. The Bertz CT molecular complexity index is 1140. The van der Waals surface area contributed by atoms with Gasteiger partial charge in [-0.2, -0.15) is 0 Å². The van der Waals surface area contributed by atoms with Gasteiger partial charge >= 0.3 is 0 Å². The maximum absolute atomic E-state index is 12.4. The second-order valence-corrected chi connectivity index (χ2v) is 8.39. The number of benzene rings is 1. The van der Waals surface area contributed by atoms with Gasteiger partial charge in [-0.15, -0.1) is 11.3 Å². The maximum atomic E-state index is 12.4. The van der Waals surface area contributed by atoms with Crippen molar-refractivity contribution in [3.05, 3.63) is 57.9 Å². The van der Waals surface area contributed by atoms with E-state index in [0.29, 0.717) is 41.7 Å². The Morgan fingerprint density at radius 1 is 1.19 bits per heavy atom. The van der Waals surface area contributed by atoms with Crippen LogP contribution in [-0.2, 0) is 17.8 Å². The van der Waals surface area contributed by atoms with Crippen molar-refractivity contribution < 1.29 is 18.9 Å². The summed E-state index contributed by atoms with van der Waals surface area (Å²) in [6, 6.07) is 8.39. The average molecular weight is 439 g/mol. The highest BCUT2D eigenvalue weighted by Gasteiger charge is 2.23. The highest BCUT2D eigenvalue weighted by Crippen LogP contribution is 2.28. The van der Waals surface area contributed by atoms with Crippen molar-refractivity contribution in [2.24, 2.45) is 0 Å². The van der Waals surface area contributed by atoms with Crippen molar-refractivity contribution >= 4 is 39.8 Å². The fraction of sp³-hybridized carbons (Fsp3) is 0.286. The molecule has 9 nitrogen and oxygen atoms in total. The monoisotopic (exact) mass is 439 g/mol. The van der Waals surface area contributed by atoms with Gasteiger partial charge in [-0.1, -0.05) is 5.16 Å². The number of rotatable bonds is 6. The molecule has 1 aromatic carbocycles. The number of Topliss-reactive ketones (excluding diaryl/α,β-unsaturated/α-hetero) is 1. The number of aromatic nitrogens is 2. The van der Waals surface area contributed by atoms with E-state index in [1.54, 1.807) is 37.3 Å². The Morgan fingerprint density at radius 3 is 2.65 bits per heavy atom. The first-order chi connectivity index (χ1) is 14.9. The summed E-state index contributed by atoms with van der Waals surface area (Å²) in [6.45, 7) is 4.75. The van der Waals surface area contributed by atoms with Crippen LogP contribution in [0.25, 0.3) is 0 Å². The van der Waals surface area contributed by atoms with E-state index in [1.807, 2.05) is 4.90 Å². The standard InChI is InChI=1S/C21H21N5O4S/c1-12-9-17(25-30-12)20(29)24-21-23-16-7-8-26(10-18(16)31-21)11-19(28)22-15-5-3-14(4-6-15)13(2)27/h3-6,9H,7-8,10-11H2,1-2H3,(H,22,28)(H,23,24,29). The van der Waals surface area contributed by atoms with Gasteiger partial charge < -0.3 is 9.84 Å². The molecule has 0 spiro atoms. The number of nitrogens with one attached hydrogen (secondary N) is 2. The molecule has 4 rings (SSSR count). The maximum Gasteiger partial charge on any atom is 0.279 e. The molecule has 1 aliphatic rings. The molecule has 3 aromatic rings. The fourth-order valence-electron chi connectivity index (χ4n) is 3.26. The van der Waals surface area contributed by atoms with Crippen molar-refractivity contribution in [1.82, 2.24) is 15.0 Å². The second kappa shape index (κ2) is 8.78. The van der Waals surface area contributed by atoms with E-state index in [2.05, 4.69) is 20.8 Å². The summed E-state index contributed by atoms with van der Waals surface area (Å²) in [5, 5.41) is 9.82. The SMILES string of the molecule is CC(=O)c1ccc(NC(=O)CN2CCc3nc(NC(=O)c4cc(C)on4)sc3C2)cc1. The van der Waals surface area contributed by atoms with Crippen molar-refractivity contribution in [3.63, 3.8) is 0 Å². The van der Waals surface area contributed by atoms with Crippen LogP contribution in [0.3, 0.4) is 0 Å². The number of ketones is 1. The lowest BCUT2D eigenvalue weighted by Gasteiger charge is -2.25. The lowest BCUT2D eigenvalue weighted by Crippen LogP contribution is -2.36. The summed E-state index contributed by atoms with van der Waals surface area (Å²) in [7, 11) is 0. The Balaban J connectivity index is 1.32. The third-order valence-corrected chi connectivity index (χ3v) is 5.83. The molecule has 0 radical (unpaired) electrons. The van der Waals surface area contributed by atoms with Crippen molar-refractivity contribution in [1.29, 1.82) is 0 Å². The number of thiazole rings is 1. The summed E-state index contributed by atoms with van der Waals surface area (Å²) in [4.78, 5) is 43.6. The van der Waals surface area contributed by atoms with Crippen LogP contribution in [0.4, 0.5) is 10.8 Å². The van der Waals surface area contributed by atoms with Crippen LogP contribution in [0.5, 0.6) is 0 Å². The summed E-state index contributed by atoms with van der Waals surface area (Å²) < 4.78 is 4.93. The van der Waals surface area contributed by atoms with E-state index < -0.39 is 0 Å². The molecule has 0 bridgehead atoms. The van der Waals surface area contributed by atoms with Crippen LogP contribution < -0.4 is 10.6 Å². The van der Waals surface area contributed by atoms with Gasteiger partial charge in [0.25, 0.3) is 5.91 Å². The third kappa shape index (κ3) is 5.04. The Labute approximate surface area is 182 Å². The van der Waals surface area contributed by atoms with E-state index in [0.717, 1.165) is 10.6 Å². The smallest absolute Gasteiger partial charge is 0.279 e. The minimum Gasteiger partial charge on any atom is -0.361 e. The van der Waals surface area contributed by atoms with Gasteiger partial charge in [-0.25, -0.2) is 4.98 Å². The van der Waals surface area contributed by atoms with Gasteiger partial charge in [0, 0.05) is 41.7 Å². The normalized spacial score (nSPS) is 13.5. The summed E-state index contributed by atoms with van der Waals surface area (Å²) in [5.74, 6) is 0.0546. The third-order valence-electron chi connectivity index (χ3n) is 4.83. The molecule has 31 heavy (non-hydrogen) atoms. The van der Waals surface area contributed by atoms with Crippen LogP contribution in [-0.4, -0.2) is 45.7 Å². The van der Waals surface area contributed by atoms with Gasteiger partial charge in [0.05, 0.1) is 12.2 Å². The molecule has 160 valence electrons. The molecular weight excluding hydrogens is 418 g/mol. The van der Waals surface area contributed by atoms with Gasteiger partial charge in [-0.3, -0.25) is 24.6 Å². The zero-order chi connectivity index (χ0) is 22.0. The first-order valence-corrected chi connectivity index (χ1v) is 10.6. The Kier molecular flexibility index (Phi) is 5.92. The van der Waals surface area contributed by atoms with Gasteiger partial charge in [-0.05, 0) is 38.1 Å². The molecule has 0 saturated heterocycles. The molecule has 1 aliphatic heterocycles. The molecule has 2 amide bonds. The van der Waals surface area contributed by atoms with Crippen LogP contribution in [0, 0.1) is 6.92 Å². The number of aryl methyl sites for hydroxylation is 1. The lowest BCUT2D eigenvalue weighted by atomic mass is 10.1. The predicted octanol–water partition coefficient (Wildman–Crippen LogP) is 2.89. The zero-order valence-corrected chi connectivity index (χ0v) is 17.9. The number of hydrogen-bond donors (Lipinski definition) is 2. The molecule has 0 fully saturated rings. The first kappa shape index (κ1) is 20.9. The number of carbonyl (C=O) groups excluding carboxylic acids is 3. The number of anilines is 2. The highest BCUT2D eigenvalue weighted by atomic mass is 32.1. The summed E-state index contributed by atoms with van der Waals surface area (Å²) in [6.07, 6.45) is 0.700. The number of hydrogen-bond acceptors (Lipinski definition) is 8. The topological polar surface area (TPSA) is 117 Å².